The third-order valence-electron chi connectivity index (χ3n) is 6.96. The molecular weight excluding hydrogens is 509 g/mol. The van der Waals surface area contributed by atoms with Gasteiger partial charge in [0.1, 0.15) is 37.4 Å². The molecule has 0 fully saturated rings. The van der Waals surface area contributed by atoms with Crippen LogP contribution in [0.3, 0.4) is 0 Å². The molecule has 0 spiro atoms. The zero-order valence-electron chi connectivity index (χ0n) is 22.4. The fraction of sp³-hybridized carbons (Fsp3) is 0.212. The largest absolute Gasteiger partial charge is 0.489 e. The maximum absolute atomic E-state index is 14.7. The van der Waals surface area contributed by atoms with Gasteiger partial charge < -0.3 is 19.5 Å². The van der Waals surface area contributed by atoms with Crippen molar-refractivity contribution in [2.75, 3.05) is 13.2 Å². The lowest BCUT2D eigenvalue weighted by atomic mass is 9.98. The number of nitrogens with one attached hydrogen (secondary N) is 1. The highest BCUT2D eigenvalue weighted by atomic mass is 19.1. The minimum absolute atomic E-state index is 0.0862. The zero-order chi connectivity index (χ0) is 28.1. The monoisotopic (exact) mass is 539 g/mol. The van der Waals surface area contributed by atoms with E-state index in [1.54, 1.807) is 13.0 Å². The van der Waals surface area contributed by atoms with E-state index in [0.717, 1.165) is 33.4 Å². The summed E-state index contributed by atoms with van der Waals surface area (Å²) in [5, 5.41) is 2.42. The molecule has 0 aromatic heterocycles. The van der Waals surface area contributed by atoms with Crippen LogP contribution in [0.2, 0.25) is 0 Å². The second kappa shape index (κ2) is 12.0. The van der Waals surface area contributed by atoms with Gasteiger partial charge in [-0.15, -0.1) is 0 Å². The van der Waals surface area contributed by atoms with Crippen LogP contribution in [0, 0.1) is 12.7 Å². The van der Waals surface area contributed by atoms with Gasteiger partial charge in [0.25, 0.3) is 0 Å². The Morgan fingerprint density at radius 1 is 0.900 bits per heavy atom. The first kappa shape index (κ1) is 26.9. The zero-order valence-corrected chi connectivity index (χ0v) is 22.4. The van der Waals surface area contributed by atoms with Crippen LogP contribution >= 0.6 is 0 Å². The number of amides is 1. The summed E-state index contributed by atoms with van der Waals surface area (Å²) in [6.45, 7) is 3.61. The topological polar surface area (TPSA) is 73.9 Å². The summed E-state index contributed by atoms with van der Waals surface area (Å²) in [5.74, 6) is -0.972. The van der Waals surface area contributed by atoms with Crippen molar-refractivity contribution in [2.24, 2.45) is 0 Å². The molecule has 0 bridgehead atoms. The molecule has 4 aromatic rings. The maximum atomic E-state index is 14.7. The van der Waals surface area contributed by atoms with Gasteiger partial charge in [0.2, 0.25) is 0 Å². The second-order valence-corrected chi connectivity index (χ2v) is 9.77. The van der Waals surface area contributed by atoms with E-state index < -0.39 is 30.5 Å². The number of hydrogen-bond donors (Lipinski definition) is 1. The number of alkyl carbamates (subject to hydrolysis) is 1. The third-order valence-corrected chi connectivity index (χ3v) is 6.96. The van der Waals surface area contributed by atoms with Crippen LogP contribution in [0.25, 0.3) is 11.1 Å². The number of ether oxygens (including phenoxy) is 3. The van der Waals surface area contributed by atoms with E-state index in [2.05, 4.69) is 17.4 Å². The summed E-state index contributed by atoms with van der Waals surface area (Å²) in [6.07, 6.45) is -1.59. The lowest BCUT2D eigenvalue weighted by molar-refractivity contribution is -0.147. The van der Waals surface area contributed by atoms with Gasteiger partial charge in [-0.1, -0.05) is 78.4 Å². The standard InChI is InChI=1S/C33H30FNO5/c1-21-11-13-23(14-12-21)19-38-24-15-16-25(31(34)17-24)22(2)40-32(36)18-35-33(37)39-20-30-28-9-5-3-7-26(28)27-8-4-6-10-29(27)30/h3-17,22,30H,18-20H2,1-2H3,(H,35,37). The van der Waals surface area contributed by atoms with Crippen molar-refractivity contribution >= 4 is 12.1 Å². The number of carbonyl (C=O) groups excluding carboxylic acids is 2. The SMILES string of the molecule is Cc1ccc(COc2ccc(C(C)OC(=O)CNC(=O)OCC3c4ccccc4-c4ccccc43)c(F)c2)cc1. The highest BCUT2D eigenvalue weighted by molar-refractivity contribution is 5.80. The number of halogens is 1. The first-order valence-corrected chi connectivity index (χ1v) is 13.1. The Labute approximate surface area is 232 Å². The van der Waals surface area contributed by atoms with E-state index in [0.29, 0.717) is 12.4 Å². The molecule has 0 heterocycles. The fourth-order valence-electron chi connectivity index (χ4n) is 4.87. The van der Waals surface area contributed by atoms with Crippen LogP contribution in [-0.2, 0) is 20.9 Å². The minimum atomic E-state index is -0.858. The van der Waals surface area contributed by atoms with Crippen molar-refractivity contribution < 1.29 is 28.2 Å². The van der Waals surface area contributed by atoms with Gasteiger partial charge in [-0.25, -0.2) is 9.18 Å². The van der Waals surface area contributed by atoms with Crippen molar-refractivity contribution in [3.63, 3.8) is 0 Å². The quantitative estimate of drug-likeness (QED) is 0.235. The summed E-state index contributed by atoms with van der Waals surface area (Å²) >= 11 is 0. The summed E-state index contributed by atoms with van der Waals surface area (Å²) in [6, 6.07) is 28.4. The molecule has 1 unspecified atom stereocenters. The van der Waals surface area contributed by atoms with Crippen LogP contribution in [0.4, 0.5) is 9.18 Å². The Hall–Kier alpha value is -4.65. The number of rotatable bonds is 9. The molecule has 5 rings (SSSR count). The predicted octanol–water partition coefficient (Wildman–Crippen LogP) is 6.86. The summed E-state index contributed by atoms with van der Waals surface area (Å²) in [4.78, 5) is 24.7. The van der Waals surface area contributed by atoms with Gasteiger partial charge in [0.15, 0.2) is 0 Å². The van der Waals surface area contributed by atoms with Gasteiger partial charge in [-0.3, -0.25) is 4.79 Å². The van der Waals surface area contributed by atoms with Gasteiger partial charge >= 0.3 is 12.1 Å². The number of fused-ring (bicyclic) bond motifs is 3. The molecule has 0 radical (unpaired) electrons. The lowest BCUT2D eigenvalue weighted by Gasteiger charge is -2.16. The molecule has 1 aliphatic carbocycles. The molecule has 0 saturated heterocycles. The van der Waals surface area contributed by atoms with Crippen molar-refractivity contribution in [3.05, 3.63) is 125 Å². The maximum Gasteiger partial charge on any atom is 0.407 e. The van der Waals surface area contributed by atoms with Crippen molar-refractivity contribution in [1.29, 1.82) is 0 Å². The molecule has 1 aliphatic rings. The first-order valence-electron chi connectivity index (χ1n) is 13.1. The average Bonchev–Trinajstić information content (AvgIpc) is 3.28. The van der Waals surface area contributed by atoms with Crippen LogP contribution in [0.5, 0.6) is 5.75 Å². The lowest BCUT2D eigenvalue weighted by Crippen LogP contribution is -2.32. The van der Waals surface area contributed by atoms with Crippen molar-refractivity contribution in [3.8, 4) is 16.9 Å². The Bertz CT molecular complexity index is 1470. The molecule has 7 heteroatoms. The number of benzene rings is 4. The predicted molar refractivity (Wildman–Crippen MR) is 149 cm³/mol. The minimum Gasteiger partial charge on any atom is -0.489 e. The Morgan fingerprint density at radius 3 is 2.20 bits per heavy atom. The molecule has 40 heavy (non-hydrogen) atoms. The number of carbonyl (C=O) groups is 2. The number of aryl methyl sites for hydroxylation is 1. The molecule has 1 N–H and O–H groups in total. The van der Waals surface area contributed by atoms with Crippen LogP contribution in [0.1, 0.15) is 46.8 Å². The first-order chi connectivity index (χ1) is 19.4. The second-order valence-electron chi connectivity index (χ2n) is 9.77. The summed E-state index contributed by atoms with van der Waals surface area (Å²) in [5.41, 5.74) is 6.77. The molecular formula is C33H30FNO5. The Balaban J connectivity index is 1.09. The Kier molecular flexibility index (Phi) is 8.10. The normalized spacial score (nSPS) is 12.7. The van der Waals surface area contributed by atoms with E-state index in [9.17, 15) is 14.0 Å². The summed E-state index contributed by atoms with van der Waals surface area (Å²) in [7, 11) is 0. The molecule has 6 nitrogen and oxygen atoms in total. The third kappa shape index (κ3) is 6.15. The van der Waals surface area contributed by atoms with E-state index in [-0.39, 0.29) is 18.1 Å². The summed E-state index contributed by atoms with van der Waals surface area (Å²) < 4.78 is 31.2. The van der Waals surface area contributed by atoms with Crippen molar-refractivity contribution in [2.45, 2.75) is 32.5 Å². The van der Waals surface area contributed by atoms with E-state index in [1.807, 2.05) is 67.6 Å². The van der Waals surface area contributed by atoms with Gasteiger partial charge in [-0.2, -0.15) is 0 Å². The number of hydrogen-bond acceptors (Lipinski definition) is 5. The van der Waals surface area contributed by atoms with Gasteiger partial charge in [0, 0.05) is 17.5 Å². The molecule has 204 valence electrons. The highest BCUT2D eigenvalue weighted by Gasteiger charge is 2.29. The molecule has 0 aliphatic heterocycles. The smallest absolute Gasteiger partial charge is 0.407 e. The van der Waals surface area contributed by atoms with E-state index in [4.69, 9.17) is 14.2 Å². The fourth-order valence-corrected chi connectivity index (χ4v) is 4.87. The molecule has 0 saturated carbocycles. The van der Waals surface area contributed by atoms with Gasteiger partial charge in [0.05, 0.1) is 0 Å². The highest BCUT2D eigenvalue weighted by Crippen LogP contribution is 2.44. The molecule has 1 amide bonds. The number of esters is 1. The average molecular weight is 540 g/mol. The molecule has 1 atom stereocenters. The van der Waals surface area contributed by atoms with Gasteiger partial charge in [-0.05, 0) is 53.8 Å². The van der Waals surface area contributed by atoms with E-state index >= 15 is 0 Å². The van der Waals surface area contributed by atoms with E-state index in [1.165, 1.54) is 12.1 Å². The van der Waals surface area contributed by atoms with Crippen LogP contribution < -0.4 is 10.1 Å². The van der Waals surface area contributed by atoms with Crippen molar-refractivity contribution in [1.82, 2.24) is 5.32 Å². The molecule has 4 aromatic carbocycles. The Morgan fingerprint density at radius 2 is 1.55 bits per heavy atom. The van der Waals surface area contributed by atoms with Crippen LogP contribution in [0.15, 0.2) is 91.0 Å². The van der Waals surface area contributed by atoms with Crippen LogP contribution in [-0.4, -0.2) is 25.2 Å².